The summed E-state index contributed by atoms with van der Waals surface area (Å²) in [5.74, 6) is 0. The van der Waals surface area contributed by atoms with Crippen LogP contribution in [0.15, 0.2) is 0 Å². The van der Waals surface area contributed by atoms with Crippen molar-refractivity contribution in [3.05, 3.63) is 0 Å². The van der Waals surface area contributed by atoms with E-state index in [1.165, 1.54) is 0 Å². The number of hydrogen-bond acceptors (Lipinski definition) is 4. The van der Waals surface area contributed by atoms with E-state index in [2.05, 4.69) is 0 Å². The fraction of sp³-hybridized carbons (Fsp3) is 0.900. The number of hydrogen-bond donors (Lipinski definition) is 0. The van der Waals surface area contributed by atoms with Crippen LogP contribution in [-0.2, 0) is 14.2 Å². The zero-order valence-electron chi connectivity index (χ0n) is 9.25. The van der Waals surface area contributed by atoms with Gasteiger partial charge in [0.2, 0.25) is 0 Å². The summed E-state index contributed by atoms with van der Waals surface area (Å²) >= 11 is 0. The number of ether oxygens (including phenoxy) is 3. The molecule has 0 aliphatic heterocycles. The van der Waals surface area contributed by atoms with Crippen LogP contribution in [0.1, 0.15) is 33.1 Å². The summed E-state index contributed by atoms with van der Waals surface area (Å²) in [6.45, 7) is 4.82. The van der Waals surface area contributed by atoms with E-state index in [0.717, 1.165) is 19.3 Å². The fourth-order valence-corrected chi connectivity index (χ4v) is 0.891. The van der Waals surface area contributed by atoms with Crippen molar-refractivity contribution in [3.8, 4) is 0 Å². The Hall–Kier alpha value is -0.770. The highest BCUT2D eigenvalue weighted by Crippen LogP contribution is 2.01. The molecule has 0 heterocycles. The number of unbranched alkanes of at least 4 members (excludes halogenated alkanes) is 1. The van der Waals surface area contributed by atoms with Gasteiger partial charge in [-0.05, 0) is 12.8 Å². The molecule has 0 aromatic heterocycles. The second-order valence-electron chi connectivity index (χ2n) is 3.06. The molecule has 0 aliphatic rings. The normalized spacial score (nSPS) is 12.2. The Balaban J connectivity index is 3.56. The summed E-state index contributed by atoms with van der Waals surface area (Å²) < 4.78 is 14.7. The molecule has 0 rings (SSSR count). The molecule has 1 atom stereocenters. The van der Waals surface area contributed by atoms with Crippen LogP contribution in [0.25, 0.3) is 0 Å². The minimum absolute atomic E-state index is 0.200. The predicted molar refractivity (Wildman–Crippen MR) is 53.3 cm³/mol. The fourth-order valence-electron chi connectivity index (χ4n) is 0.891. The molecule has 0 N–H and O–H groups in total. The number of carbonyl (C=O) groups is 1. The van der Waals surface area contributed by atoms with Gasteiger partial charge in [0.15, 0.2) is 0 Å². The Labute approximate surface area is 85.5 Å². The van der Waals surface area contributed by atoms with E-state index in [9.17, 15) is 4.79 Å². The van der Waals surface area contributed by atoms with Crippen LogP contribution in [0.5, 0.6) is 0 Å². The molecule has 0 aliphatic carbocycles. The van der Waals surface area contributed by atoms with Crippen LogP contribution in [0.2, 0.25) is 0 Å². The van der Waals surface area contributed by atoms with Crippen molar-refractivity contribution >= 4 is 6.16 Å². The van der Waals surface area contributed by atoms with Gasteiger partial charge in [-0.1, -0.05) is 20.3 Å². The lowest BCUT2D eigenvalue weighted by atomic mass is 10.3. The van der Waals surface area contributed by atoms with E-state index in [1.54, 1.807) is 7.11 Å². The lowest BCUT2D eigenvalue weighted by molar-refractivity contribution is -0.00760. The highest BCUT2D eigenvalue weighted by Gasteiger charge is 2.12. The minimum atomic E-state index is -0.595. The first-order valence-corrected chi connectivity index (χ1v) is 5.06. The second kappa shape index (κ2) is 8.81. The molecule has 0 aromatic rings. The second-order valence-corrected chi connectivity index (χ2v) is 3.06. The van der Waals surface area contributed by atoms with Crippen LogP contribution in [0, 0.1) is 0 Å². The van der Waals surface area contributed by atoms with E-state index in [-0.39, 0.29) is 6.10 Å². The largest absolute Gasteiger partial charge is 0.508 e. The van der Waals surface area contributed by atoms with Crippen molar-refractivity contribution in [2.45, 2.75) is 39.2 Å². The molecule has 0 amide bonds. The number of carbonyl (C=O) groups excluding carboxylic acids is 1. The molecule has 0 fully saturated rings. The van der Waals surface area contributed by atoms with Gasteiger partial charge in [-0.3, -0.25) is 0 Å². The molecule has 0 saturated carbocycles. The van der Waals surface area contributed by atoms with Gasteiger partial charge in [0.1, 0.15) is 6.10 Å². The third-order valence-corrected chi connectivity index (χ3v) is 1.79. The Bertz CT molecular complexity index is 147. The molecular formula is C10H20O4. The average Bonchev–Trinajstić information content (AvgIpc) is 2.17. The maximum absolute atomic E-state index is 11.1. The molecular weight excluding hydrogens is 184 g/mol. The molecule has 0 aromatic carbocycles. The molecule has 1 unspecified atom stereocenters. The number of methoxy groups -OCH3 is 1. The smallest absolute Gasteiger partial charge is 0.434 e. The zero-order valence-corrected chi connectivity index (χ0v) is 9.25. The minimum Gasteiger partial charge on any atom is -0.434 e. The van der Waals surface area contributed by atoms with E-state index >= 15 is 0 Å². The first kappa shape index (κ1) is 13.2. The van der Waals surface area contributed by atoms with Gasteiger partial charge in [-0.2, -0.15) is 0 Å². The molecule has 4 heteroatoms. The number of rotatable bonds is 7. The van der Waals surface area contributed by atoms with Crippen LogP contribution in [0.4, 0.5) is 4.79 Å². The maximum atomic E-state index is 11.1. The van der Waals surface area contributed by atoms with Gasteiger partial charge in [-0.15, -0.1) is 0 Å². The predicted octanol–water partition coefficient (Wildman–Crippen LogP) is 2.36. The van der Waals surface area contributed by atoms with Crippen molar-refractivity contribution in [2.75, 3.05) is 20.3 Å². The van der Waals surface area contributed by atoms with E-state index in [1.807, 2.05) is 13.8 Å². The summed E-state index contributed by atoms with van der Waals surface area (Å²) in [6, 6.07) is 0. The monoisotopic (exact) mass is 204 g/mol. The van der Waals surface area contributed by atoms with Gasteiger partial charge in [-0.25, -0.2) is 4.79 Å². The third-order valence-electron chi connectivity index (χ3n) is 1.79. The first-order valence-electron chi connectivity index (χ1n) is 5.06. The van der Waals surface area contributed by atoms with Gasteiger partial charge < -0.3 is 14.2 Å². The average molecular weight is 204 g/mol. The molecule has 0 spiro atoms. The van der Waals surface area contributed by atoms with E-state index in [0.29, 0.717) is 13.2 Å². The van der Waals surface area contributed by atoms with E-state index < -0.39 is 6.16 Å². The van der Waals surface area contributed by atoms with Crippen LogP contribution >= 0.6 is 0 Å². The molecule has 0 radical (unpaired) electrons. The lowest BCUT2D eigenvalue weighted by Gasteiger charge is -2.14. The topological polar surface area (TPSA) is 44.8 Å². The first-order chi connectivity index (χ1) is 6.74. The molecule has 0 bridgehead atoms. The summed E-state index contributed by atoms with van der Waals surface area (Å²) in [5.41, 5.74) is 0. The van der Waals surface area contributed by atoms with Gasteiger partial charge in [0.25, 0.3) is 0 Å². The summed E-state index contributed by atoms with van der Waals surface area (Å²) in [7, 11) is 1.58. The van der Waals surface area contributed by atoms with Gasteiger partial charge in [0.05, 0.1) is 13.2 Å². The maximum Gasteiger partial charge on any atom is 0.508 e. The Morgan fingerprint density at radius 2 is 2.07 bits per heavy atom. The Morgan fingerprint density at radius 3 is 2.57 bits per heavy atom. The summed E-state index contributed by atoms with van der Waals surface area (Å²) in [4.78, 5) is 11.1. The highest BCUT2D eigenvalue weighted by atomic mass is 16.7. The van der Waals surface area contributed by atoms with Crippen molar-refractivity contribution in [2.24, 2.45) is 0 Å². The van der Waals surface area contributed by atoms with Crippen LogP contribution in [-0.4, -0.2) is 32.6 Å². The Morgan fingerprint density at radius 1 is 1.36 bits per heavy atom. The molecule has 14 heavy (non-hydrogen) atoms. The summed E-state index contributed by atoms with van der Waals surface area (Å²) in [6.07, 6.45) is 1.81. The van der Waals surface area contributed by atoms with Crippen LogP contribution in [0.3, 0.4) is 0 Å². The van der Waals surface area contributed by atoms with Crippen molar-refractivity contribution in [1.82, 2.24) is 0 Å². The van der Waals surface area contributed by atoms with Gasteiger partial charge in [0, 0.05) is 7.11 Å². The van der Waals surface area contributed by atoms with Gasteiger partial charge >= 0.3 is 6.16 Å². The molecule has 84 valence electrons. The quantitative estimate of drug-likeness (QED) is 0.471. The molecule has 4 nitrogen and oxygen atoms in total. The molecule has 0 saturated heterocycles. The summed E-state index contributed by atoms with van der Waals surface area (Å²) in [5, 5.41) is 0. The van der Waals surface area contributed by atoms with Crippen molar-refractivity contribution < 1.29 is 19.0 Å². The Kier molecular flexibility index (Phi) is 8.33. The van der Waals surface area contributed by atoms with Crippen molar-refractivity contribution in [3.63, 3.8) is 0 Å². The SMILES string of the molecule is CCCCOC(=O)OC(CC)COC. The lowest BCUT2D eigenvalue weighted by Crippen LogP contribution is -2.23. The zero-order chi connectivity index (χ0) is 10.8. The standard InChI is InChI=1S/C10H20O4/c1-4-6-7-13-10(11)14-9(5-2)8-12-3/h9H,4-8H2,1-3H3. The van der Waals surface area contributed by atoms with E-state index in [4.69, 9.17) is 14.2 Å². The highest BCUT2D eigenvalue weighted by molar-refractivity contribution is 5.60. The third kappa shape index (κ3) is 6.71. The van der Waals surface area contributed by atoms with Crippen molar-refractivity contribution in [1.29, 1.82) is 0 Å². The van der Waals surface area contributed by atoms with Crippen LogP contribution < -0.4 is 0 Å².